The van der Waals surface area contributed by atoms with Gasteiger partial charge in [0, 0.05) is 6.54 Å². The Bertz CT molecular complexity index is 1420. The average Bonchev–Trinajstić information content (AvgIpc) is 3.56. The first kappa shape index (κ1) is 34.6. The number of amides is 2. The van der Waals surface area contributed by atoms with Crippen LogP contribution in [0.3, 0.4) is 0 Å². The summed E-state index contributed by atoms with van der Waals surface area (Å²) in [5, 5.41) is 2.80. The van der Waals surface area contributed by atoms with Crippen molar-refractivity contribution >= 4 is 44.8 Å². The molecule has 2 heterocycles. The molecular formula is C25H33F3N4O9S. The number of methoxy groups -OCH3 is 1. The number of rotatable bonds is 8. The number of alkyl halides is 3. The standard InChI is InChI=1S/C24H32N4O6.CHF3O3S/c1-12(2)18(25)23(31)28-10-6-7-16(28)21(30)27-19(13(3)4)20(29)22-26-15-9-8-14(24(32)33-5)11-17(15)34-22;2-1(3,4)8(5,6)7/h8-9,11-13,16,18-19H,6-7,10,25H2,1-5H3,(H,27,30);(H,5,6,7)/t16-,18?,19?;/m0./s1. The number of esters is 1. The molecule has 2 unspecified atom stereocenters. The van der Waals surface area contributed by atoms with E-state index in [0.717, 1.165) is 0 Å². The molecule has 0 aliphatic carbocycles. The van der Waals surface area contributed by atoms with Gasteiger partial charge in [0.25, 0.3) is 5.89 Å². The van der Waals surface area contributed by atoms with Crippen molar-refractivity contribution in [2.75, 3.05) is 13.7 Å². The number of oxazole rings is 1. The lowest BCUT2D eigenvalue weighted by molar-refractivity contribution is -0.140. The molecule has 0 spiro atoms. The van der Waals surface area contributed by atoms with Crippen molar-refractivity contribution in [3.63, 3.8) is 0 Å². The van der Waals surface area contributed by atoms with E-state index in [0.29, 0.717) is 24.9 Å². The maximum absolute atomic E-state index is 13.2. The summed E-state index contributed by atoms with van der Waals surface area (Å²) in [5.41, 5.74) is 1.42. The number of nitrogens with one attached hydrogen (secondary N) is 1. The van der Waals surface area contributed by atoms with E-state index in [-0.39, 0.29) is 34.8 Å². The Labute approximate surface area is 239 Å². The number of fused-ring (bicyclic) bond motifs is 1. The maximum Gasteiger partial charge on any atom is 0.522 e. The number of hydrogen-bond acceptors (Lipinski definition) is 10. The van der Waals surface area contributed by atoms with E-state index in [2.05, 4.69) is 10.3 Å². The molecule has 1 aliphatic heterocycles. The zero-order chi connectivity index (χ0) is 32.2. The summed E-state index contributed by atoms with van der Waals surface area (Å²) in [6.07, 6.45) is 1.18. The smallest absolute Gasteiger partial charge is 0.465 e. The molecule has 4 N–H and O–H groups in total. The van der Waals surface area contributed by atoms with Crippen LogP contribution in [0.2, 0.25) is 0 Å². The van der Waals surface area contributed by atoms with Crippen LogP contribution >= 0.6 is 0 Å². The topological polar surface area (TPSA) is 199 Å². The van der Waals surface area contributed by atoms with Crippen LogP contribution in [-0.2, 0) is 24.4 Å². The van der Waals surface area contributed by atoms with Crippen LogP contribution < -0.4 is 11.1 Å². The molecule has 2 aromatic rings. The molecule has 0 saturated carbocycles. The Hall–Kier alpha value is -3.57. The molecule has 42 heavy (non-hydrogen) atoms. The van der Waals surface area contributed by atoms with Gasteiger partial charge in [-0.2, -0.15) is 21.6 Å². The van der Waals surface area contributed by atoms with Crippen LogP contribution in [0.4, 0.5) is 13.2 Å². The number of nitrogens with two attached hydrogens (primary N) is 1. The zero-order valence-corrected chi connectivity index (χ0v) is 24.3. The highest BCUT2D eigenvalue weighted by Gasteiger charge is 2.44. The number of nitrogens with zero attached hydrogens (tertiary/aromatic N) is 2. The fourth-order valence-corrected chi connectivity index (χ4v) is 3.97. The number of carbonyl (C=O) groups is 4. The Morgan fingerprint density at radius 1 is 1.17 bits per heavy atom. The van der Waals surface area contributed by atoms with Gasteiger partial charge in [0.05, 0.1) is 24.8 Å². The van der Waals surface area contributed by atoms with Gasteiger partial charge in [0.2, 0.25) is 17.6 Å². The molecule has 1 aromatic carbocycles. The fraction of sp³-hybridized carbons (Fsp3) is 0.560. The first-order chi connectivity index (χ1) is 19.3. The zero-order valence-electron chi connectivity index (χ0n) is 23.5. The van der Waals surface area contributed by atoms with Crippen LogP contribution in [0.5, 0.6) is 0 Å². The minimum absolute atomic E-state index is 0.0549. The van der Waals surface area contributed by atoms with Crippen molar-refractivity contribution in [2.24, 2.45) is 17.6 Å². The van der Waals surface area contributed by atoms with Gasteiger partial charge in [-0.15, -0.1) is 0 Å². The predicted octanol–water partition coefficient (Wildman–Crippen LogP) is 2.31. The largest absolute Gasteiger partial charge is 0.522 e. The number of Topliss-reactive ketones (excluding diaryl/α,β-unsaturated/α-hetero) is 1. The molecule has 1 fully saturated rings. The number of aromatic nitrogens is 1. The number of ketones is 1. The average molecular weight is 623 g/mol. The summed E-state index contributed by atoms with van der Waals surface area (Å²) < 4.78 is 67.9. The number of likely N-dealkylation sites (tertiary alicyclic amines) is 1. The van der Waals surface area contributed by atoms with E-state index in [1.54, 1.807) is 19.9 Å². The Morgan fingerprint density at radius 3 is 2.26 bits per heavy atom. The third-order valence-electron chi connectivity index (χ3n) is 6.40. The van der Waals surface area contributed by atoms with Crippen molar-refractivity contribution in [1.82, 2.24) is 15.2 Å². The molecule has 1 saturated heterocycles. The van der Waals surface area contributed by atoms with Crippen molar-refractivity contribution in [3.05, 3.63) is 29.7 Å². The Balaban J connectivity index is 0.000000675. The molecule has 13 nitrogen and oxygen atoms in total. The second-order valence-corrected chi connectivity index (χ2v) is 11.6. The summed E-state index contributed by atoms with van der Waals surface area (Å²) in [5.74, 6) is -2.18. The third kappa shape index (κ3) is 8.25. The quantitative estimate of drug-likeness (QED) is 0.169. The summed E-state index contributed by atoms with van der Waals surface area (Å²) in [4.78, 5) is 56.6. The molecule has 0 radical (unpaired) electrons. The minimum atomic E-state index is -5.84. The predicted molar refractivity (Wildman–Crippen MR) is 142 cm³/mol. The van der Waals surface area contributed by atoms with Crippen LogP contribution in [0.1, 0.15) is 61.6 Å². The van der Waals surface area contributed by atoms with E-state index in [4.69, 9.17) is 27.9 Å². The van der Waals surface area contributed by atoms with Gasteiger partial charge in [-0.25, -0.2) is 9.78 Å². The van der Waals surface area contributed by atoms with E-state index >= 15 is 0 Å². The van der Waals surface area contributed by atoms with E-state index < -0.39 is 51.4 Å². The van der Waals surface area contributed by atoms with Crippen LogP contribution in [-0.4, -0.2) is 83.7 Å². The highest BCUT2D eigenvalue weighted by molar-refractivity contribution is 7.86. The lowest BCUT2D eigenvalue weighted by atomic mass is 9.98. The number of hydrogen-bond donors (Lipinski definition) is 3. The van der Waals surface area contributed by atoms with Gasteiger partial charge < -0.3 is 25.1 Å². The van der Waals surface area contributed by atoms with Gasteiger partial charge >= 0.3 is 21.6 Å². The molecule has 3 rings (SSSR count). The number of carbonyl (C=O) groups excluding carboxylic acids is 4. The maximum atomic E-state index is 13.2. The summed E-state index contributed by atoms with van der Waals surface area (Å²) >= 11 is 0. The highest BCUT2D eigenvalue weighted by atomic mass is 32.2. The van der Waals surface area contributed by atoms with E-state index in [9.17, 15) is 32.3 Å². The van der Waals surface area contributed by atoms with Gasteiger partial charge in [0.1, 0.15) is 11.6 Å². The van der Waals surface area contributed by atoms with Crippen LogP contribution in [0.15, 0.2) is 22.6 Å². The molecule has 17 heteroatoms. The number of ether oxygens (including phenoxy) is 1. The highest BCUT2D eigenvalue weighted by Crippen LogP contribution is 2.23. The van der Waals surface area contributed by atoms with Gasteiger partial charge in [0.15, 0.2) is 5.58 Å². The van der Waals surface area contributed by atoms with Crippen LogP contribution in [0.25, 0.3) is 11.1 Å². The molecule has 2 amide bonds. The second kappa shape index (κ2) is 13.6. The summed E-state index contributed by atoms with van der Waals surface area (Å²) in [7, 11) is -4.57. The third-order valence-corrected chi connectivity index (χ3v) is 6.99. The second-order valence-electron chi connectivity index (χ2n) is 10.2. The van der Waals surface area contributed by atoms with Crippen molar-refractivity contribution < 1.29 is 54.5 Å². The molecule has 0 bridgehead atoms. The summed E-state index contributed by atoms with van der Waals surface area (Å²) in [6.45, 7) is 7.76. The normalized spacial score (nSPS) is 17.0. The lowest BCUT2D eigenvalue weighted by Crippen LogP contribution is -2.55. The lowest BCUT2D eigenvalue weighted by Gasteiger charge is -2.29. The molecule has 1 aliphatic rings. The fourth-order valence-electron chi connectivity index (χ4n) is 3.97. The van der Waals surface area contributed by atoms with Crippen LogP contribution in [0, 0.1) is 11.8 Å². The van der Waals surface area contributed by atoms with Crippen molar-refractivity contribution in [2.45, 2.75) is 64.2 Å². The molecule has 234 valence electrons. The number of benzene rings is 1. The van der Waals surface area contributed by atoms with Gasteiger partial charge in [-0.05, 0) is 42.9 Å². The van der Waals surface area contributed by atoms with E-state index in [1.165, 1.54) is 24.1 Å². The monoisotopic (exact) mass is 622 g/mol. The van der Waals surface area contributed by atoms with Crippen molar-refractivity contribution in [3.8, 4) is 0 Å². The Morgan fingerprint density at radius 2 is 1.76 bits per heavy atom. The molecule has 1 aromatic heterocycles. The number of halogens is 3. The first-order valence-electron chi connectivity index (χ1n) is 12.7. The van der Waals surface area contributed by atoms with E-state index in [1.807, 2.05) is 13.8 Å². The SMILES string of the molecule is COC(=O)c1ccc2nc(C(=O)C(NC(=O)[C@@H]3CCCN3C(=O)C(N)C(C)C)C(C)C)oc2c1.O=S(=O)(O)C(F)(F)F. The molecule has 3 atom stereocenters. The minimum Gasteiger partial charge on any atom is -0.465 e. The first-order valence-corrected chi connectivity index (χ1v) is 14.2. The van der Waals surface area contributed by atoms with Gasteiger partial charge in [-0.1, -0.05) is 27.7 Å². The molecular weight excluding hydrogens is 589 g/mol. The summed E-state index contributed by atoms with van der Waals surface area (Å²) in [6, 6.07) is 2.26. The van der Waals surface area contributed by atoms with Crippen molar-refractivity contribution in [1.29, 1.82) is 0 Å². The van der Waals surface area contributed by atoms with Gasteiger partial charge in [-0.3, -0.25) is 18.9 Å². The Kier molecular flexibility index (Phi) is 11.2.